The Kier molecular flexibility index (Phi) is 5.29. The Morgan fingerprint density at radius 1 is 0.964 bits per heavy atom. The summed E-state index contributed by atoms with van der Waals surface area (Å²) in [5.41, 5.74) is 3.94. The lowest BCUT2D eigenvalue weighted by Crippen LogP contribution is -2.34. The first-order chi connectivity index (χ1) is 13.7. The van der Waals surface area contributed by atoms with E-state index in [0.717, 1.165) is 23.3 Å². The van der Waals surface area contributed by atoms with Crippen LogP contribution in [0, 0.1) is 0 Å². The van der Waals surface area contributed by atoms with Crippen LogP contribution in [-0.2, 0) is 6.42 Å². The molecule has 1 aliphatic rings. The van der Waals surface area contributed by atoms with E-state index >= 15 is 0 Å². The molecular formula is C24H23NO3. The highest BCUT2D eigenvalue weighted by atomic mass is 16.5. The van der Waals surface area contributed by atoms with Crippen molar-refractivity contribution in [3.63, 3.8) is 0 Å². The molecule has 1 heterocycles. The Bertz CT molecular complexity index is 951. The maximum atomic E-state index is 13.0. The van der Waals surface area contributed by atoms with E-state index in [4.69, 9.17) is 9.47 Å². The fourth-order valence-corrected chi connectivity index (χ4v) is 3.44. The van der Waals surface area contributed by atoms with E-state index in [1.807, 2.05) is 65.6 Å². The summed E-state index contributed by atoms with van der Waals surface area (Å²) < 4.78 is 11.1. The molecule has 142 valence electrons. The van der Waals surface area contributed by atoms with Crippen LogP contribution in [0.2, 0.25) is 0 Å². The molecular weight excluding hydrogens is 350 g/mol. The first-order valence-corrected chi connectivity index (χ1v) is 9.49. The van der Waals surface area contributed by atoms with Crippen molar-refractivity contribution < 1.29 is 14.3 Å². The van der Waals surface area contributed by atoms with Gasteiger partial charge in [-0.25, -0.2) is 0 Å². The highest BCUT2D eigenvalue weighted by Gasteiger charge is 2.23. The minimum absolute atomic E-state index is 0.0321. The quantitative estimate of drug-likeness (QED) is 0.664. The molecule has 0 N–H and O–H groups in total. The largest absolute Gasteiger partial charge is 0.497 e. The maximum Gasteiger partial charge on any atom is 0.257 e. The van der Waals surface area contributed by atoms with Gasteiger partial charge in [-0.1, -0.05) is 48.5 Å². The van der Waals surface area contributed by atoms with Gasteiger partial charge in [-0.05, 0) is 47.4 Å². The maximum absolute atomic E-state index is 13.0. The molecule has 0 atom stereocenters. The molecule has 4 rings (SSSR count). The van der Waals surface area contributed by atoms with Crippen molar-refractivity contribution in [3.8, 4) is 22.6 Å². The third-order valence-electron chi connectivity index (χ3n) is 5.05. The lowest BCUT2D eigenvalue weighted by Gasteiger charge is -2.20. The van der Waals surface area contributed by atoms with Crippen LogP contribution in [0.3, 0.4) is 0 Å². The van der Waals surface area contributed by atoms with Crippen LogP contribution >= 0.6 is 0 Å². The van der Waals surface area contributed by atoms with Gasteiger partial charge in [-0.3, -0.25) is 4.79 Å². The number of fused-ring (bicyclic) bond motifs is 1. The molecule has 1 aliphatic heterocycles. The molecule has 0 bridgehead atoms. The Balaban J connectivity index is 1.53. The molecule has 4 nitrogen and oxygen atoms in total. The van der Waals surface area contributed by atoms with Gasteiger partial charge >= 0.3 is 0 Å². The first-order valence-electron chi connectivity index (χ1n) is 9.49. The smallest absolute Gasteiger partial charge is 0.257 e. The fraction of sp³-hybridized carbons (Fsp3) is 0.208. The predicted molar refractivity (Wildman–Crippen MR) is 110 cm³/mol. The van der Waals surface area contributed by atoms with Crippen molar-refractivity contribution in [1.82, 2.24) is 4.90 Å². The zero-order valence-corrected chi connectivity index (χ0v) is 15.9. The summed E-state index contributed by atoms with van der Waals surface area (Å²) in [6, 6.07) is 23.9. The molecule has 3 aromatic rings. The van der Waals surface area contributed by atoms with E-state index in [1.165, 1.54) is 5.56 Å². The molecule has 4 heteroatoms. The summed E-state index contributed by atoms with van der Waals surface area (Å²) in [6.45, 7) is 1.78. The average molecular weight is 373 g/mol. The highest BCUT2D eigenvalue weighted by molar-refractivity contribution is 5.98. The summed E-state index contributed by atoms with van der Waals surface area (Å²) in [7, 11) is 1.65. The van der Waals surface area contributed by atoms with Crippen molar-refractivity contribution in [2.75, 3.05) is 26.8 Å². The van der Waals surface area contributed by atoms with Crippen molar-refractivity contribution in [3.05, 3.63) is 83.9 Å². The van der Waals surface area contributed by atoms with Gasteiger partial charge < -0.3 is 14.4 Å². The Labute approximate surface area is 165 Å². The molecule has 0 radical (unpaired) electrons. The third kappa shape index (κ3) is 3.86. The summed E-state index contributed by atoms with van der Waals surface area (Å²) >= 11 is 0. The normalized spacial score (nSPS) is 13.5. The van der Waals surface area contributed by atoms with Crippen LogP contribution in [0.15, 0.2) is 72.8 Å². The predicted octanol–water partition coefficient (Wildman–Crippen LogP) is 4.44. The Hall–Kier alpha value is -3.27. The van der Waals surface area contributed by atoms with Gasteiger partial charge in [0, 0.05) is 6.54 Å². The number of hydrogen-bond donors (Lipinski definition) is 0. The molecule has 0 saturated heterocycles. The van der Waals surface area contributed by atoms with Gasteiger partial charge in [-0.2, -0.15) is 0 Å². The first kappa shape index (κ1) is 18.1. The topological polar surface area (TPSA) is 38.8 Å². The Morgan fingerprint density at radius 2 is 1.71 bits per heavy atom. The molecule has 0 aliphatic carbocycles. The van der Waals surface area contributed by atoms with Gasteiger partial charge in [0.2, 0.25) is 0 Å². The molecule has 28 heavy (non-hydrogen) atoms. The number of ether oxygens (including phenoxy) is 2. The second-order valence-corrected chi connectivity index (χ2v) is 6.82. The number of hydrogen-bond acceptors (Lipinski definition) is 3. The molecule has 0 saturated carbocycles. The number of amides is 1. The second kappa shape index (κ2) is 8.17. The van der Waals surface area contributed by atoms with Crippen LogP contribution in [0.5, 0.6) is 11.5 Å². The fourth-order valence-electron chi connectivity index (χ4n) is 3.44. The van der Waals surface area contributed by atoms with E-state index < -0.39 is 0 Å². The summed E-state index contributed by atoms with van der Waals surface area (Å²) in [5, 5.41) is 0. The summed E-state index contributed by atoms with van der Waals surface area (Å²) in [6.07, 6.45) is 0.839. The lowest BCUT2D eigenvalue weighted by molar-refractivity contribution is 0.0757. The highest BCUT2D eigenvalue weighted by Crippen LogP contribution is 2.30. The minimum Gasteiger partial charge on any atom is -0.497 e. The van der Waals surface area contributed by atoms with E-state index in [1.54, 1.807) is 7.11 Å². The zero-order chi connectivity index (χ0) is 19.3. The standard InChI is InChI=1S/C24H23NO3/c1-27-21-10-7-19(8-11-21)20-9-12-22-23(17-20)28-16-15-25(24(22)26)14-13-18-5-3-2-4-6-18/h2-12,17H,13-16H2,1H3. The number of carbonyl (C=O) groups excluding carboxylic acids is 1. The van der Waals surface area contributed by atoms with E-state index in [9.17, 15) is 4.79 Å². The van der Waals surface area contributed by atoms with Crippen LogP contribution in [-0.4, -0.2) is 37.6 Å². The van der Waals surface area contributed by atoms with Crippen LogP contribution in [0.25, 0.3) is 11.1 Å². The minimum atomic E-state index is 0.0321. The van der Waals surface area contributed by atoms with Crippen LogP contribution < -0.4 is 9.47 Å². The van der Waals surface area contributed by atoms with Crippen molar-refractivity contribution in [2.24, 2.45) is 0 Å². The summed E-state index contributed by atoms with van der Waals surface area (Å²) in [5.74, 6) is 1.50. The molecule has 0 fully saturated rings. The molecule has 3 aromatic carbocycles. The second-order valence-electron chi connectivity index (χ2n) is 6.82. The molecule has 0 aromatic heterocycles. The van der Waals surface area contributed by atoms with Gasteiger partial charge in [0.1, 0.15) is 18.1 Å². The number of nitrogens with zero attached hydrogens (tertiary/aromatic N) is 1. The van der Waals surface area contributed by atoms with Crippen molar-refractivity contribution in [2.45, 2.75) is 6.42 Å². The van der Waals surface area contributed by atoms with Crippen LogP contribution in [0.1, 0.15) is 15.9 Å². The van der Waals surface area contributed by atoms with Gasteiger partial charge in [0.25, 0.3) is 5.91 Å². The van der Waals surface area contributed by atoms with Crippen molar-refractivity contribution >= 4 is 5.91 Å². The number of benzene rings is 3. The van der Waals surface area contributed by atoms with Gasteiger partial charge in [0.15, 0.2) is 0 Å². The third-order valence-corrected chi connectivity index (χ3v) is 5.05. The monoisotopic (exact) mass is 373 g/mol. The van der Waals surface area contributed by atoms with Crippen molar-refractivity contribution in [1.29, 1.82) is 0 Å². The zero-order valence-electron chi connectivity index (χ0n) is 15.9. The van der Waals surface area contributed by atoms with Crippen LogP contribution in [0.4, 0.5) is 0 Å². The Morgan fingerprint density at radius 3 is 2.46 bits per heavy atom. The number of methoxy groups -OCH3 is 1. The van der Waals surface area contributed by atoms with Gasteiger partial charge in [-0.15, -0.1) is 0 Å². The van der Waals surface area contributed by atoms with Gasteiger partial charge in [0.05, 0.1) is 19.2 Å². The number of carbonyl (C=O) groups is 1. The lowest BCUT2D eigenvalue weighted by atomic mass is 10.0. The molecule has 0 unspecified atom stereocenters. The van der Waals surface area contributed by atoms with E-state index in [2.05, 4.69) is 12.1 Å². The van der Waals surface area contributed by atoms with E-state index in [0.29, 0.717) is 31.0 Å². The summed E-state index contributed by atoms with van der Waals surface area (Å²) in [4.78, 5) is 14.9. The average Bonchev–Trinajstić information content (AvgIpc) is 2.91. The molecule has 0 spiro atoms. The molecule has 1 amide bonds. The SMILES string of the molecule is COc1ccc(-c2ccc3c(c2)OCCN(CCc2ccccc2)C3=O)cc1. The van der Waals surface area contributed by atoms with E-state index in [-0.39, 0.29) is 5.91 Å². The number of rotatable bonds is 5.